The number of hydrogen-bond donors (Lipinski definition) is 0. The molecule has 0 radical (unpaired) electrons. The van der Waals surface area contributed by atoms with E-state index in [2.05, 4.69) is 0 Å². The highest BCUT2D eigenvalue weighted by atomic mass is 19.4. The maximum Gasteiger partial charge on any atom is 0.417 e. The molecule has 18 heavy (non-hydrogen) atoms. The number of benzene rings is 1. The lowest BCUT2D eigenvalue weighted by molar-refractivity contribution is -0.137. The summed E-state index contributed by atoms with van der Waals surface area (Å²) in [6.07, 6.45) is -2.14. The molecule has 0 aromatic heterocycles. The Hall–Kier alpha value is -1.32. The van der Waals surface area contributed by atoms with Crippen LogP contribution in [0.3, 0.4) is 0 Å². The molecule has 0 aliphatic heterocycles. The summed E-state index contributed by atoms with van der Waals surface area (Å²) >= 11 is 0. The molecule has 0 saturated heterocycles. The molecule has 1 aromatic rings. The molecule has 0 amide bonds. The van der Waals surface area contributed by atoms with Gasteiger partial charge in [-0.2, -0.15) is 13.2 Å². The topological polar surface area (TPSA) is 17.1 Å². The summed E-state index contributed by atoms with van der Waals surface area (Å²) in [6, 6.07) is 5.07. The van der Waals surface area contributed by atoms with Crippen LogP contribution in [0.15, 0.2) is 24.3 Å². The van der Waals surface area contributed by atoms with Crippen molar-refractivity contribution < 1.29 is 18.0 Å². The summed E-state index contributed by atoms with van der Waals surface area (Å²) in [4.78, 5) is 12.2. The predicted molar refractivity (Wildman–Crippen MR) is 62.3 cm³/mol. The molecular formula is C14H15F3O. The quantitative estimate of drug-likeness (QED) is 0.720. The van der Waals surface area contributed by atoms with Crippen LogP contribution in [-0.4, -0.2) is 5.78 Å². The van der Waals surface area contributed by atoms with E-state index >= 15 is 0 Å². The molecule has 1 aromatic carbocycles. The number of carbonyl (C=O) groups excluding carboxylic acids is 1. The van der Waals surface area contributed by atoms with E-state index in [0.717, 1.165) is 12.5 Å². The minimum absolute atomic E-state index is 0.177. The molecule has 2 unspecified atom stereocenters. The van der Waals surface area contributed by atoms with Gasteiger partial charge in [0.15, 0.2) is 5.78 Å². The van der Waals surface area contributed by atoms with E-state index in [1.165, 1.54) is 18.2 Å². The highest BCUT2D eigenvalue weighted by Crippen LogP contribution is 2.37. The first-order valence-electron chi connectivity index (χ1n) is 6.10. The van der Waals surface area contributed by atoms with Crippen LogP contribution in [-0.2, 0) is 6.18 Å². The van der Waals surface area contributed by atoms with E-state index in [4.69, 9.17) is 0 Å². The van der Waals surface area contributed by atoms with Gasteiger partial charge in [0.05, 0.1) is 5.56 Å². The summed E-state index contributed by atoms with van der Waals surface area (Å²) in [5, 5.41) is 0. The summed E-state index contributed by atoms with van der Waals surface area (Å²) in [6.45, 7) is 2.03. The number of rotatable bonds is 2. The monoisotopic (exact) mass is 256 g/mol. The molecule has 1 nitrogen and oxygen atoms in total. The molecule has 0 heterocycles. The summed E-state index contributed by atoms with van der Waals surface area (Å²) in [5.74, 6) is -0.173. The molecule has 4 heteroatoms. The fraction of sp³-hybridized carbons (Fsp3) is 0.500. The molecule has 1 fully saturated rings. The van der Waals surface area contributed by atoms with Crippen molar-refractivity contribution in [2.24, 2.45) is 11.8 Å². The molecule has 2 rings (SSSR count). The molecule has 0 bridgehead atoms. The average Bonchev–Trinajstić information content (AvgIpc) is 2.74. The molecule has 1 aliphatic carbocycles. The number of Topliss-reactive ketones (excluding diaryl/α,β-unsaturated/α-hetero) is 1. The standard InChI is InChI=1S/C14H15F3O/c1-9-6-7-10(8-9)13(18)11-4-2-3-5-12(11)14(15,16)17/h2-5,9-10H,6-8H2,1H3. The molecule has 1 aliphatic rings. The van der Waals surface area contributed by atoms with Crippen molar-refractivity contribution in [3.8, 4) is 0 Å². The average molecular weight is 256 g/mol. The smallest absolute Gasteiger partial charge is 0.294 e. The van der Waals surface area contributed by atoms with Crippen molar-refractivity contribution >= 4 is 5.78 Å². The van der Waals surface area contributed by atoms with Crippen LogP contribution in [0, 0.1) is 11.8 Å². The SMILES string of the molecule is CC1CCC(C(=O)c2ccccc2C(F)(F)F)C1. The first-order valence-corrected chi connectivity index (χ1v) is 6.10. The van der Waals surface area contributed by atoms with Crippen molar-refractivity contribution in [3.05, 3.63) is 35.4 Å². The Morgan fingerprint density at radius 1 is 1.22 bits per heavy atom. The number of carbonyl (C=O) groups is 1. The van der Waals surface area contributed by atoms with Crippen LogP contribution in [0.2, 0.25) is 0 Å². The van der Waals surface area contributed by atoms with E-state index in [9.17, 15) is 18.0 Å². The van der Waals surface area contributed by atoms with Crippen LogP contribution in [0.1, 0.15) is 42.1 Å². The van der Waals surface area contributed by atoms with Crippen LogP contribution in [0.25, 0.3) is 0 Å². The Balaban J connectivity index is 2.31. The fourth-order valence-electron chi connectivity index (χ4n) is 2.61. The van der Waals surface area contributed by atoms with Gasteiger partial charge in [0.1, 0.15) is 0 Å². The lowest BCUT2D eigenvalue weighted by atomic mass is 9.92. The minimum atomic E-state index is -4.46. The van der Waals surface area contributed by atoms with Gasteiger partial charge in [-0.1, -0.05) is 25.1 Å². The Kier molecular flexibility index (Phi) is 3.46. The van der Waals surface area contributed by atoms with E-state index in [-0.39, 0.29) is 17.3 Å². The normalized spacial score (nSPS) is 24.2. The van der Waals surface area contributed by atoms with Crippen LogP contribution in [0.5, 0.6) is 0 Å². The van der Waals surface area contributed by atoms with Gasteiger partial charge < -0.3 is 0 Å². The number of hydrogen-bond acceptors (Lipinski definition) is 1. The van der Waals surface area contributed by atoms with Gasteiger partial charge in [-0.05, 0) is 31.2 Å². The van der Waals surface area contributed by atoms with E-state index < -0.39 is 11.7 Å². The zero-order chi connectivity index (χ0) is 13.3. The molecule has 0 spiro atoms. The van der Waals surface area contributed by atoms with Gasteiger partial charge in [-0.25, -0.2) is 0 Å². The largest absolute Gasteiger partial charge is 0.417 e. The Bertz CT molecular complexity index is 451. The first-order chi connectivity index (χ1) is 8.39. The third kappa shape index (κ3) is 2.57. The highest BCUT2D eigenvalue weighted by molar-refractivity contribution is 5.99. The van der Waals surface area contributed by atoms with Gasteiger partial charge in [0.25, 0.3) is 0 Å². The maximum atomic E-state index is 12.8. The summed E-state index contributed by atoms with van der Waals surface area (Å²) in [7, 11) is 0. The van der Waals surface area contributed by atoms with Crippen molar-refractivity contribution in [3.63, 3.8) is 0 Å². The van der Waals surface area contributed by atoms with Crippen molar-refractivity contribution in [2.45, 2.75) is 32.4 Å². The van der Waals surface area contributed by atoms with Crippen LogP contribution in [0.4, 0.5) is 13.2 Å². The van der Waals surface area contributed by atoms with Crippen LogP contribution < -0.4 is 0 Å². The first kappa shape index (κ1) is 13.1. The summed E-state index contributed by atoms with van der Waals surface area (Å²) < 4.78 is 38.5. The van der Waals surface area contributed by atoms with Gasteiger partial charge in [-0.15, -0.1) is 0 Å². The molecular weight excluding hydrogens is 241 g/mol. The second-order valence-electron chi connectivity index (χ2n) is 5.02. The molecule has 1 saturated carbocycles. The van der Waals surface area contributed by atoms with E-state index in [1.807, 2.05) is 6.92 Å². The fourth-order valence-corrected chi connectivity index (χ4v) is 2.61. The van der Waals surface area contributed by atoms with Gasteiger partial charge in [-0.3, -0.25) is 4.79 Å². The molecule has 98 valence electrons. The minimum Gasteiger partial charge on any atom is -0.294 e. The zero-order valence-electron chi connectivity index (χ0n) is 10.1. The van der Waals surface area contributed by atoms with Gasteiger partial charge in [0.2, 0.25) is 0 Å². The van der Waals surface area contributed by atoms with Crippen molar-refractivity contribution in [1.29, 1.82) is 0 Å². The maximum absolute atomic E-state index is 12.8. The predicted octanol–water partition coefficient (Wildman–Crippen LogP) is 4.32. The van der Waals surface area contributed by atoms with Crippen LogP contribution >= 0.6 is 0 Å². The second kappa shape index (κ2) is 4.75. The van der Waals surface area contributed by atoms with Gasteiger partial charge in [0, 0.05) is 11.5 Å². The molecule has 2 atom stereocenters. The van der Waals surface area contributed by atoms with Crippen molar-refractivity contribution in [1.82, 2.24) is 0 Å². The third-order valence-corrected chi connectivity index (χ3v) is 3.56. The Morgan fingerprint density at radius 2 is 1.89 bits per heavy atom. The van der Waals surface area contributed by atoms with E-state index in [0.29, 0.717) is 18.8 Å². The Morgan fingerprint density at radius 3 is 2.44 bits per heavy atom. The van der Waals surface area contributed by atoms with E-state index in [1.54, 1.807) is 0 Å². The number of ketones is 1. The summed E-state index contributed by atoms with van der Waals surface area (Å²) in [5.41, 5.74) is -0.987. The Labute approximate surface area is 104 Å². The number of alkyl halides is 3. The highest BCUT2D eigenvalue weighted by Gasteiger charge is 2.37. The van der Waals surface area contributed by atoms with Crippen molar-refractivity contribution in [2.75, 3.05) is 0 Å². The van der Waals surface area contributed by atoms with Gasteiger partial charge >= 0.3 is 6.18 Å². The lowest BCUT2D eigenvalue weighted by Gasteiger charge is -2.14. The second-order valence-corrected chi connectivity index (χ2v) is 5.02. The molecule has 0 N–H and O–H groups in total. The number of halogens is 3. The lowest BCUT2D eigenvalue weighted by Crippen LogP contribution is -2.18. The third-order valence-electron chi connectivity index (χ3n) is 3.56. The zero-order valence-corrected chi connectivity index (χ0v) is 10.1.